The largest absolute Gasteiger partial charge is 0.476 e. The van der Waals surface area contributed by atoms with Crippen molar-refractivity contribution in [2.75, 3.05) is 50.9 Å². The summed E-state index contributed by atoms with van der Waals surface area (Å²) in [6.45, 7) is 4.36. The van der Waals surface area contributed by atoms with Gasteiger partial charge in [-0.05, 0) is 25.8 Å². The highest BCUT2D eigenvalue weighted by Crippen LogP contribution is 2.41. The van der Waals surface area contributed by atoms with Crippen LogP contribution in [0, 0.1) is 5.82 Å². The molecule has 0 radical (unpaired) electrons. The number of halogens is 3. The zero-order chi connectivity index (χ0) is 20.7. The quantitative estimate of drug-likeness (QED) is 0.680. The normalized spacial score (nSPS) is 27.4. The Balaban J connectivity index is 1.49. The van der Waals surface area contributed by atoms with Gasteiger partial charge in [-0.3, -0.25) is 4.90 Å². The van der Waals surface area contributed by atoms with Crippen molar-refractivity contribution in [2.45, 2.75) is 37.4 Å². The van der Waals surface area contributed by atoms with Gasteiger partial charge in [0.05, 0.1) is 12.1 Å². The van der Waals surface area contributed by atoms with Crippen LogP contribution in [0.25, 0.3) is 10.8 Å². The van der Waals surface area contributed by atoms with Crippen LogP contribution in [0.3, 0.4) is 0 Å². The molecular weight excluding hydrogens is 414 g/mol. The fourth-order valence-corrected chi connectivity index (χ4v) is 5.20. The standard InChI is InChI=1S/C21H25ClF2N4O2/c22-19-18(24)15-9-17(30-13-21-3-1-5-28(21)12-14(23)10-21)26-20(16(15)11-25-19)27-4-2-7-29-8-6-27/h9,11,14H,1-8,10,12-13H2/t14-,21+/m1/s1. The third-order valence-corrected chi connectivity index (χ3v) is 6.77. The number of rotatable bonds is 4. The minimum Gasteiger partial charge on any atom is -0.476 e. The molecule has 0 amide bonds. The highest BCUT2D eigenvalue weighted by atomic mass is 35.5. The Kier molecular flexibility index (Phi) is 5.41. The predicted octanol–water partition coefficient (Wildman–Crippen LogP) is 3.60. The monoisotopic (exact) mass is 438 g/mol. The molecule has 6 nitrogen and oxygen atoms in total. The fourth-order valence-electron chi connectivity index (χ4n) is 5.05. The number of pyridine rings is 2. The number of nitrogens with zero attached hydrogens (tertiary/aromatic N) is 4. The third-order valence-electron chi connectivity index (χ3n) is 6.51. The molecule has 5 heterocycles. The molecule has 0 bridgehead atoms. The first-order chi connectivity index (χ1) is 14.6. The van der Waals surface area contributed by atoms with Crippen molar-refractivity contribution in [3.63, 3.8) is 0 Å². The van der Waals surface area contributed by atoms with E-state index < -0.39 is 12.0 Å². The molecule has 3 fully saturated rings. The summed E-state index contributed by atoms with van der Waals surface area (Å²) < 4.78 is 40.5. The maximum Gasteiger partial charge on any atom is 0.216 e. The van der Waals surface area contributed by atoms with E-state index >= 15 is 0 Å². The van der Waals surface area contributed by atoms with E-state index in [1.54, 1.807) is 12.3 Å². The summed E-state index contributed by atoms with van der Waals surface area (Å²) >= 11 is 5.94. The van der Waals surface area contributed by atoms with E-state index in [2.05, 4.69) is 14.8 Å². The minimum absolute atomic E-state index is 0.179. The van der Waals surface area contributed by atoms with E-state index in [1.807, 2.05) is 0 Å². The molecule has 3 aliphatic rings. The second kappa shape index (κ2) is 8.05. The van der Waals surface area contributed by atoms with E-state index in [4.69, 9.17) is 26.1 Å². The molecule has 0 unspecified atom stereocenters. The Bertz CT molecular complexity index is 941. The summed E-state index contributed by atoms with van der Waals surface area (Å²) in [5.41, 5.74) is -0.291. The number of alkyl halides is 1. The Morgan fingerprint density at radius 3 is 3.03 bits per heavy atom. The van der Waals surface area contributed by atoms with Crippen molar-refractivity contribution in [3.8, 4) is 5.88 Å². The van der Waals surface area contributed by atoms with Crippen molar-refractivity contribution in [1.29, 1.82) is 0 Å². The summed E-state index contributed by atoms with van der Waals surface area (Å²) in [4.78, 5) is 13.0. The summed E-state index contributed by atoms with van der Waals surface area (Å²) in [6, 6.07) is 1.58. The van der Waals surface area contributed by atoms with Crippen molar-refractivity contribution < 1.29 is 18.3 Å². The molecule has 0 saturated carbocycles. The predicted molar refractivity (Wildman–Crippen MR) is 111 cm³/mol. The molecule has 9 heteroatoms. The van der Waals surface area contributed by atoms with Crippen LogP contribution < -0.4 is 9.64 Å². The van der Waals surface area contributed by atoms with Crippen LogP contribution in [0.4, 0.5) is 14.6 Å². The summed E-state index contributed by atoms with van der Waals surface area (Å²) in [5, 5.41) is 0.744. The average Bonchev–Trinajstić information content (AvgIpc) is 3.11. The Morgan fingerprint density at radius 2 is 2.13 bits per heavy atom. The van der Waals surface area contributed by atoms with E-state index in [-0.39, 0.29) is 10.7 Å². The molecule has 0 aromatic carbocycles. The molecule has 162 valence electrons. The average molecular weight is 439 g/mol. The zero-order valence-corrected chi connectivity index (χ0v) is 17.5. The first-order valence-corrected chi connectivity index (χ1v) is 10.9. The molecule has 3 aliphatic heterocycles. The highest BCUT2D eigenvalue weighted by molar-refractivity contribution is 6.30. The van der Waals surface area contributed by atoms with E-state index in [9.17, 15) is 8.78 Å². The van der Waals surface area contributed by atoms with Gasteiger partial charge in [0, 0.05) is 55.7 Å². The van der Waals surface area contributed by atoms with E-state index in [0.29, 0.717) is 61.8 Å². The number of anilines is 1. The van der Waals surface area contributed by atoms with Gasteiger partial charge >= 0.3 is 0 Å². The second-order valence-electron chi connectivity index (χ2n) is 8.43. The van der Waals surface area contributed by atoms with Crippen molar-refractivity contribution >= 4 is 28.2 Å². The lowest BCUT2D eigenvalue weighted by Gasteiger charge is -2.31. The Morgan fingerprint density at radius 1 is 1.23 bits per heavy atom. The van der Waals surface area contributed by atoms with Gasteiger partial charge in [-0.2, -0.15) is 4.98 Å². The molecule has 0 N–H and O–H groups in total. The van der Waals surface area contributed by atoms with Crippen LogP contribution in [0.5, 0.6) is 5.88 Å². The second-order valence-corrected chi connectivity index (χ2v) is 8.78. The van der Waals surface area contributed by atoms with Gasteiger partial charge in [0.25, 0.3) is 0 Å². The van der Waals surface area contributed by atoms with Crippen LogP contribution in [-0.4, -0.2) is 72.6 Å². The van der Waals surface area contributed by atoms with Gasteiger partial charge in [-0.1, -0.05) is 11.6 Å². The number of fused-ring (bicyclic) bond motifs is 2. The summed E-state index contributed by atoms with van der Waals surface area (Å²) in [5.74, 6) is 0.359. The first-order valence-electron chi connectivity index (χ1n) is 10.6. The smallest absolute Gasteiger partial charge is 0.216 e. The molecule has 2 atom stereocenters. The van der Waals surface area contributed by atoms with Gasteiger partial charge in [0.2, 0.25) is 5.88 Å². The summed E-state index contributed by atoms with van der Waals surface area (Å²) in [7, 11) is 0. The number of hydrogen-bond donors (Lipinski definition) is 0. The van der Waals surface area contributed by atoms with Gasteiger partial charge in [-0.25, -0.2) is 13.8 Å². The fraction of sp³-hybridized carbons (Fsp3) is 0.619. The van der Waals surface area contributed by atoms with Gasteiger partial charge in [0.15, 0.2) is 11.0 Å². The van der Waals surface area contributed by atoms with Gasteiger partial charge in [-0.15, -0.1) is 0 Å². The lowest BCUT2D eigenvalue weighted by molar-refractivity contribution is 0.111. The topological polar surface area (TPSA) is 50.7 Å². The molecule has 3 saturated heterocycles. The molecule has 30 heavy (non-hydrogen) atoms. The minimum atomic E-state index is -0.826. The Labute approximate surface area is 179 Å². The maximum atomic E-state index is 14.8. The molecule has 5 rings (SSSR count). The van der Waals surface area contributed by atoms with Crippen molar-refractivity contribution in [3.05, 3.63) is 23.2 Å². The lowest BCUT2D eigenvalue weighted by atomic mass is 9.95. The molecule has 2 aromatic rings. The van der Waals surface area contributed by atoms with Gasteiger partial charge < -0.3 is 14.4 Å². The van der Waals surface area contributed by atoms with Crippen LogP contribution in [-0.2, 0) is 4.74 Å². The molecule has 0 spiro atoms. The SMILES string of the molecule is Fc1c(Cl)ncc2c(N3CCCOCC3)nc(OC[C@@]34CCCN3C[C@H](F)C4)cc12. The zero-order valence-electron chi connectivity index (χ0n) is 16.7. The number of aromatic nitrogens is 2. The number of ether oxygens (including phenoxy) is 2. The molecular formula is C21H25ClF2N4O2. The van der Waals surface area contributed by atoms with E-state index in [0.717, 1.165) is 32.4 Å². The molecule has 2 aromatic heterocycles. The van der Waals surface area contributed by atoms with Gasteiger partial charge in [0.1, 0.15) is 18.6 Å². The molecule has 0 aliphatic carbocycles. The van der Waals surface area contributed by atoms with Crippen molar-refractivity contribution in [2.24, 2.45) is 0 Å². The third kappa shape index (κ3) is 3.59. The number of hydrogen-bond acceptors (Lipinski definition) is 6. The van der Waals surface area contributed by atoms with E-state index in [1.165, 1.54) is 0 Å². The van der Waals surface area contributed by atoms with Crippen LogP contribution in [0.15, 0.2) is 12.3 Å². The Hall–Kier alpha value is -1.77. The van der Waals surface area contributed by atoms with Crippen LogP contribution >= 0.6 is 11.6 Å². The first kappa shape index (κ1) is 20.2. The van der Waals surface area contributed by atoms with Crippen LogP contribution in [0.2, 0.25) is 5.15 Å². The highest BCUT2D eigenvalue weighted by Gasteiger charge is 2.49. The summed E-state index contributed by atoms with van der Waals surface area (Å²) in [6.07, 6.45) is 4.00. The van der Waals surface area contributed by atoms with Crippen molar-refractivity contribution in [1.82, 2.24) is 14.9 Å². The maximum absolute atomic E-state index is 14.8. The van der Waals surface area contributed by atoms with Crippen LogP contribution in [0.1, 0.15) is 25.7 Å². The lowest BCUT2D eigenvalue weighted by Crippen LogP contribution is -2.43.